The standard InChI is InChI=1S/C25H25N5O.C9H20.Re.Y/c1-25(13-14-25)18-7-9-19(10-8-18)29-24-21-16-20(11-12-22(21)26-17-27-24)28-23(31)6-4-5-15-30(2)3;1-3-5-7-9-8-6-4-2;;/h7-10,12,17H,5,13-15H2,1-3H3,(H,28,31)(H,26,27,29);3-9H2,1-2H3;;/q-2;;;. The van der Waals surface area contributed by atoms with E-state index in [4.69, 9.17) is 0 Å². The third-order valence-electron chi connectivity index (χ3n) is 7.16. The van der Waals surface area contributed by atoms with Gasteiger partial charge in [-0.05, 0) is 56.0 Å². The van der Waals surface area contributed by atoms with Crippen LogP contribution in [0.5, 0.6) is 0 Å². The Labute approximate surface area is 292 Å². The Balaban J connectivity index is 0.000000700. The minimum Gasteiger partial charge on any atom is -0.367 e. The van der Waals surface area contributed by atoms with E-state index in [-0.39, 0.29) is 59.0 Å². The summed E-state index contributed by atoms with van der Waals surface area (Å²) in [6.07, 6.45) is 14.6. The van der Waals surface area contributed by atoms with E-state index in [2.05, 4.69) is 89.6 Å². The first-order chi connectivity index (χ1) is 19.3. The molecule has 4 rings (SSSR count). The van der Waals surface area contributed by atoms with Crippen LogP contribution in [0.1, 0.15) is 90.5 Å². The third kappa shape index (κ3) is 13.3. The van der Waals surface area contributed by atoms with Gasteiger partial charge in [0.1, 0.15) is 0 Å². The van der Waals surface area contributed by atoms with E-state index in [0.717, 1.165) is 12.2 Å². The van der Waals surface area contributed by atoms with Crippen LogP contribution in [-0.2, 0) is 63.3 Å². The van der Waals surface area contributed by atoms with Crippen LogP contribution in [-0.4, -0.2) is 41.4 Å². The number of fused-ring (bicyclic) bond motifs is 1. The summed E-state index contributed by atoms with van der Waals surface area (Å²) in [5.41, 5.74) is 3.74. The number of carbonyl (C=O) groups excluding carboxylic acids is 1. The molecule has 8 heteroatoms. The van der Waals surface area contributed by atoms with Crippen molar-refractivity contribution < 1.29 is 57.9 Å². The fraction of sp³-hybridized carbons (Fsp3) is 0.500. The predicted molar refractivity (Wildman–Crippen MR) is 167 cm³/mol. The van der Waals surface area contributed by atoms with E-state index < -0.39 is 0 Å². The smallest absolute Gasteiger partial charge is 0.296 e. The molecule has 1 heterocycles. The molecule has 1 fully saturated rings. The first-order valence-electron chi connectivity index (χ1n) is 14.8. The molecule has 0 aliphatic heterocycles. The average Bonchev–Trinajstić information content (AvgIpc) is 3.70. The van der Waals surface area contributed by atoms with Crippen LogP contribution in [0.15, 0.2) is 36.7 Å². The molecule has 2 N–H and O–H groups in total. The van der Waals surface area contributed by atoms with Gasteiger partial charge in [-0.2, -0.15) is 10.9 Å². The van der Waals surface area contributed by atoms with Gasteiger partial charge in [0, 0.05) is 71.8 Å². The Bertz CT molecular complexity index is 1280. The van der Waals surface area contributed by atoms with E-state index in [1.54, 1.807) is 6.07 Å². The second-order valence-corrected chi connectivity index (χ2v) is 11.1. The number of hydrogen-bond acceptors (Lipinski definition) is 5. The molecule has 2 aromatic carbocycles. The number of anilines is 3. The Kier molecular flexibility index (Phi) is 18.6. The molecule has 1 aliphatic rings. The summed E-state index contributed by atoms with van der Waals surface area (Å²) in [6, 6.07) is 16.3. The van der Waals surface area contributed by atoms with Crippen LogP contribution < -0.4 is 10.6 Å². The zero-order valence-electron chi connectivity index (χ0n) is 25.9. The van der Waals surface area contributed by atoms with Crippen molar-refractivity contribution in [2.75, 3.05) is 31.3 Å². The quantitative estimate of drug-likeness (QED) is 0.112. The molecule has 1 aliphatic carbocycles. The van der Waals surface area contributed by atoms with Gasteiger partial charge in [-0.25, -0.2) is 10.7 Å². The van der Waals surface area contributed by atoms with E-state index in [1.807, 2.05) is 19.0 Å². The summed E-state index contributed by atoms with van der Waals surface area (Å²) in [4.78, 5) is 22.8. The van der Waals surface area contributed by atoms with Gasteiger partial charge in [-0.15, -0.1) is 0 Å². The topological polar surface area (TPSA) is 70.2 Å². The number of unbranched alkanes of at least 4 members (excludes halogenated alkanes) is 6. The van der Waals surface area contributed by atoms with Gasteiger partial charge in [0.2, 0.25) is 0 Å². The predicted octanol–water partition coefficient (Wildman–Crippen LogP) is 7.67. The molecule has 3 aromatic rings. The minimum absolute atomic E-state index is 0. The summed E-state index contributed by atoms with van der Waals surface area (Å²) in [7, 11) is 3.94. The molecule has 0 unspecified atom stereocenters. The van der Waals surface area contributed by atoms with Gasteiger partial charge in [-0.1, -0.05) is 83.8 Å². The van der Waals surface area contributed by atoms with Gasteiger partial charge < -0.3 is 32.7 Å². The molecule has 1 aromatic heterocycles. The van der Waals surface area contributed by atoms with Crippen molar-refractivity contribution in [3.63, 3.8) is 0 Å². The van der Waals surface area contributed by atoms with Crippen LogP contribution in [0.4, 0.5) is 17.2 Å². The van der Waals surface area contributed by atoms with Crippen LogP contribution in [0.3, 0.4) is 0 Å². The monoisotopic (exact) mass is 815 g/mol. The summed E-state index contributed by atoms with van der Waals surface area (Å²) in [6.45, 7) is 7.63. The molecule has 2 radical (unpaired) electrons. The fourth-order valence-electron chi connectivity index (χ4n) is 4.26. The zero-order chi connectivity index (χ0) is 28.8. The summed E-state index contributed by atoms with van der Waals surface area (Å²) < 4.78 is 0. The fourth-order valence-corrected chi connectivity index (χ4v) is 4.26. The van der Waals surface area contributed by atoms with Crippen LogP contribution in [0.25, 0.3) is 10.9 Å². The van der Waals surface area contributed by atoms with Gasteiger partial charge in [-0.3, -0.25) is 10.9 Å². The van der Waals surface area contributed by atoms with Crippen molar-refractivity contribution in [1.29, 1.82) is 0 Å². The Morgan fingerprint density at radius 1 is 1.02 bits per heavy atom. The van der Waals surface area contributed by atoms with Crippen LogP contribution in [0, 0.1) is 24.0 Å². The van der Waals surface area contributed by atoms with E-state index >= 15 is 0 Å². The third-order valence-corrected chi connectivity index (χ3v) is 7.16. The van der Waals surface area contributed by atoms with Gasteiger partial charge >= 0.3 is 0 Å². The number of nitrogens with zero attached hydrogens (tertiary/aromatic N) is 3. The van der Waals surface area contributed by atoms with Crippen molar-refractivity contribution in [2.24, 2.45) is 0 Å². The Morgan fingerprint density at radius 3 is 2.26 bits per heavy atom. The van der Waals surface area contributed by atoms with E-state index in [1.165, 1.54) is 69.7 Å². The number of benzene rings is 2. The normalized spacial score (nSPS) is 12.5. The number of amides is 1. The van der Waals surface area contributed by atoms with Gasteiger partial charge in [0.25, 0.3) is 5.91 Å². The van der Waals surface area contributed by atoms with Crippen molar-refractivity contribution >= 4 is 34.0 Å². The molecule has 0 atom stereocenters. The second kappa shape index (κ2) is 20.3. The van der Waals surface area contributed by atoms with Crippen molar-refractivity contribution in [3.05, 3.63) is 54.4 Å². The zero-order valence-corrected chi connectivity index (χ0v) is 31.5. The maximum atomic E-state index is 12.1. The number of rotatable bonds is 12. The number of aromatic nitrogens is 2. The van der Waals surface area contributed by atoms with E-state index in [0.29, 0.717) is 34.2 Å². The van der Waals surface area contributed by atoms with Crippen molar-refractivity contribution in [3.8, 4) is 11.8 Å². The number of carbonyl (C=O) groups is 1. The van der Waals surface area contributed by atoms with Crippen molar-refractivity contribution in [1.82, 2.24) is 14.9 Å². The molecule has 0 bridgehead atoms. The minimum atomic E-state index is -0.388. The Hall–Kier alpha value is -1.66. The SMILES string of the molecule is CCCCCCCCC.CN(C)CCC#CC(=O)Nc1[c-]cc2ncnc(Nc3ccc(C4(C)CC4)cc3)c2[c-]1.[Re].[Y]. The summed E-state index contributed by atoms with van der Waals surface area (Å²) in [5.74, 6) is 5.70. The van der Waals surface area contributed by atoms with Gasteiger partial charge in [0.05, 0.1) is 12.1 Å². The largest absolute Gasteiger partial charge is 0.367 e. The molecular formula is C34H45N5OReY-2. The molecule has 42 heavy (non-hydrogen) atoms. The number of nitrogens with one attached hydrogen (secondary N) is 2. The molecule has 1 saturated carbocycles. The average molecular weight is 815 g/mol. The molecule has 0 saturated heterocycles. The van der Waals surface area contributed by atoms with E-state index in [9.17, 15) is 4.79 Å². The molecule has 224 valence electrons. The van der Waals surface area contributed by atoms with Crippen LogP contribution in [0.2, 0.25) is 0 Å². The summed E-state index contributed by atoms with van der Waals surface area (Å²) >= 11 is 0. The maximum absolute atomic E-state index is 12.1. The Morgan fingerprint density at radius 2 is 1.67 bits per heavy atom. The van der Waals surface area contributed by atoms with Gasteiger partial charge in [0.15, 0.2) is 0 Å². The molecule has 0 spiro atoms. The number of hydrogen-bond donors (Lipinski definition) is 2. The van der Waals surface area contributed by atoms with Crippen molar-refractivity contribution in [2.45, 2.75) is 90.4 Å². The molecular weight excluding hydrogens is 770 g/mol. The first kappa shape index (κ1) is 38.4. The first-order valence-corrected chi connectivity index (χ1v) is 14.8. The molecule has 1 amide bonds. The summed E-state index contributed by atoms with van der Waals surface area (Å²) in [5, 5.41) is 6.74. The second-order valence-electron chi connectivity index (χ2n) is 11.1. The maximum Gasteiger partial charge on any atom is 0.296 e. The molecule has 6 nitrogen and oxygen atoms in total. The van der Waals surface area contributed by atoms with Crippen LogP contribution >= 0.6 is 0 Å².